The van der Waals surface area contributed by atoms with Crippen LogP contribution in [0.5, 0.6) is 0 Å². The van der Waals surface area contributed by atoms with E-state index in [-0.39, 0.29) is 5.91 Å². The third-order valence-corrected chi connectivity index (χ3v) is 3.95. The SMILES string of the molecule is CC1(C(N)=O)CCN(c2ncc(Cl)cc2Br)C1. The first-order valence-electron chi connectivity index (χ1n) is 5.28. The molecular formula is C11H13BrClN3O. The molecule has 0 saturated carbocycles. The van der Waals surface area contributed by atoms with Crippen LogP contribution >= 0.6 is 27.5 Å². The maximum absolute atomic E-state index is 11.4. The molecule has 2 rings (SSSR count). The normalized spacial score (nSPS) is 24.1. The lowest BCUT2D eigenvalue weighted by Gasteiger charge is -2.22. The lowest BCUT2D eigenvalue weighted by molar-refractivity contribution is -0.125. The van der Waals surface area contributed by atoms with Crippen molar-refractivity contribution in [3.63, 3.8) is 0 Å². The highest BCUT2D eigenvalue weighted by Gasteiger charge is 2.39. The van der Waals surface area contributed by atoms with E-state index in [1.807, 2.05) is 11.8 Å². The molecule has 1 unspecified atom stereocenters. The highest BCUT2D eigenvalue weighted by atomic mass is 79.9. The van der Waals surface area contributed by atoms with Crippen LogP contribution in [-0.4, -0.2) is 24.0 Å². The minimum absolute atomic E-state index is 0.259. The van der Waals surface area contributed by atoms with Gasteiger partial charge in [0.05, 0.1) is 14.9 Å². The number of pyridine rings is 1. The van der Waals surface area contributed by atoms with Gasteiger partial charge in [0.15, 0.2) is 0 Å². The molecule has 4 nitrogen and oxygen atoms in total. The van der Waals surface area contributed by atoms with Crippen LogP contribution in [0.25, 0.3) is 0 Å². The zero-order valence-electron chi connectivity index (χ0n) is 9.41. The number of aromatic nitrogens is 1. The molecule has 0 spiro atoms. The molecule has 2 heterocycles. The summed E-state index contributed by atoms with van der Waals surface area (Å²) in [7, 11) is 0. The van der Waals surface area contributed by atoms with Crippen LogP contribution < -0.4 is 10.6 Å². The van der Waals surface area contributed by atoms with E-state index in [9.17, 15) is 4.79 Å². The van der Waals surface area contributed by atoms with Gasteiger partial charge in [-0.05, 0) is 35.3 Å². The smallest absolute Gasteiger partial charge is 0.225 e. The molecule has 0 bridgehead atoms. The van der Waals surface area contributed by atoms with Gasteiger partial charge in [0, 0.05) is 19.3 Å². The summed E-state index contributed by atoms with van der Waals surface area (Å²) in [6.07, 6.45) is 2.35. The molecular weight excluding hydrogens is 305 g/mol. The van der Waals surface area contributed by atoms with Crippen LogP contribution in [0.1, 0.15) is 13.3 Å². The van der Waals surface area contributed by atoms with Gasteiger partial charge in [0.2, 0.25) is 5.91 Å². The molecule has 1 aliphatic rings. The molecule has 1 aromatic heterocycles. The number of anilines is 1. The Morgan fingerprint density at radius 1 is 1.71 bits per heavy atom. The Balaban J connectivity index is 2.24. The quantitative estimate of drug-likeness (QED) is 0.909. The Morgan fingerprint density at radius 3 is 2.94 bits per heavy atom. The van der Waals surface area contributed by atoms with E-state index >= 15 is 0 Å². The fourth-order valence-corrected chi connectivity index (χ4v) is 2.87. The highest BCUT2D eigenvalue weighted by molar-refractivity contribution is 9.10. The van der Waals surface area contributed by atoms with Gasteiger partial charge in [0.1, 0.15) is 5.82 Å². The van der Waals surface area contributed by atoms with Crippen molar-refractivity contribution >= 4 is 39.3 Å². The van der Waals surface area contributed by atoms with Gasteiger partial charge in [0.25, 0.3) is 0 Å². The van der Waals surface area contributed by atoms with Gasteiger partial charge < -0.3 is 10.6 Å². The van der Waals surface area contributed by atoms with Crippen molar-refractivity contribution in [2.45, 2.75) is 13.3 Å². The Hall–Kier alpha value is -0.810. The first-order chi connectivity index (χ1) is 7.92. The summed E-state index contributed by atoms with van der Waals surface area (Å²) in [5.41, 5.74) is 4.94. The minimum Gasteiger partial charge on any atom is -0.369 e. The maximum atomic E-state index is 11.4. The molecule has 1 aliphatic heterocycles. The molecule has 1 amide bonds. The van der Waals surface area contributed by atoms with Crippen LogP contribution in [-0.2, 0) is 4.79 Å². The Morgan fingerprint density at radius 2 is 2.41 bits per heavy atom. The van der Waals surface area contributed by atoms with E-state index in [0.29, 0.717) is 11.6 Å². The van der Waals surface area contributed by atoms with Gasteiger partial charge in [-0.1, -0.05) is 11.6 Å². The van der Waals surface area contributed by atoms with Gasteiger partial charge in [-0.2, -0.15) is 0 Å². The largest absolute Gasteiger partial charge is 0.369 e. The zero-order chi connectivity index (χ0) is 12.6. The number of carbonyl (C=O) groups excluding carboxylic acids is 1. The number of amides is 1. The van der Waals surface area contributed by atoms with Crippen molar-refractivity contribution in [1.29, 1.82) is 0 Å². The van der Waals surface area contributed by atoms with Gasteiger partial charge in [-0.3, -0.25) is 4.79 Å². The van der Waals surface area contributed by atoms with Crippen LogP contribution in [0.3, 0.4) is 0 Å². The van der Waals surface area contributed by atoms with Crippen molar-refractivity contribution < 1.29 is 4.79 Å². The molecule has 1 saturated heterocycles. The van der Waals surface area contributed by atoms with E-state index < -0.39 is 5.41 Å². The highest BCUT2D eigenvalue weighted by Crippen LogP contribution is 2.35. The summed E-state index contributed by atoms with van der Waals surface area (Å²) in [5, 5.41) is 0.581. The number of primary amides is 1. The summed E-state index contributed by atoms with van der Waals surface area (Å²) in [6, 6.07) is 1.80. The summed E-state index contributed by atoms with van der Waals surface area (Å²) >= 11 is 9.27. The van der Waals surface area contributed by atoms with E-state index in [1.54, 1.807) is 12.3 Å². The van der Waals surface area contributed by atoms with Crippen molar-refractivity contribution in [3.8, 4) is 0 Å². The Bertz CT molecular complexity index is 468. The lowest BCUT2D eigenvalue weighted by Crippen LogP contribution is -2.37. The van der Waals surface area contributed by atoms with Crippen LogP contribution in [0.15, 0.2) is 16.7 Å². The second-order valence-electron chi connectivity index (χ2n) is 4.56. The number of rotatable bonds is 2. The molecule has 0 aromatic carbocycles. The number of nitrogens with two attached hydrogens (primary N) is 1. The Labute approximate surface area is 113 Å². The molecule has 0 aliphatic carbocycles. The van der Waals surface area contributed by atoms with Crippen LogP contribution in [0.4, 0.5) is 5.82 Å². The van der Waals surface area contributed by atoms with Crippen LogP contribution in [0, 0.1) is 5.41 Å². The average Bonchev–Trinajstić information content (AvgIpc) is 2.62. The van der Waals surface area contributed by atoms with Crippen molar-refractivity contribution in [2.75, 3.05) is 18.0 Å². The lowest BCUT2D eigenvalue weighted by atomic mass is 9.89. The molecule has 17 heavy (non-hydrogen) atoms. The molecule has 0 radical (unpaired) electrons. The third-order valence-electron chi connectivity index (χ3n) is 3.16. The summed E-state index contributed by atoms with van der Waals surface area (Å²) in [4.78, 5) is 17.7. The minimum atomic E-state index is -0.471. The second kappa shape index (κ2) is 4.46. The van der Waals surface area contributed by atoms with E-state index in [1.165, 1.54) is 0 Å². The number of hydrogen-bond donors (Lipinski definition) is 1. The van der Waals surface area contributed by atoms with E-state index in [0.717, 1.165) is 23.3 Å². The summed E-state index contributed by atoms with van der Waals surface area (Å²) in [6.45, 7) is 3.25. The van der Waals surface area contributed by atoms with Gasteiger partial charge >= 0.3 is 0 Å². The Kier molecular flexibility index (Phi) is 3.32. The third kappa shape index (κ3) is 2.40. The predicted octanol–water partition coefficient (Wildman–Crippen LogP) is 2.20. The first-order valence-corrected chi connectivity index (χ1v) is 6.45. The molecule has 1 atom stereocenters. The zero-order valence-corrected chi connectivity index (χ0v) is 11.8. The topological polar surface area (TPSA) is 59.2 Å². The molecule has 92 valence electrons. The molecule has 1 fully saturated rings. The summed E-state index contributed by atoms with van der Waals surface area (Å²) < 4.78 is 0.832. The fourth-order valence-electron chi connectivity index (χ4n) is 1.98. The maximum Gasteiger partial charge on any atom is 0.225 e. The van der Waals surface area contributed by atoms with Gasteiger partial charge in [-0.15, -0.1) is 0 Å². The number of halogens is 2. The van der Waals surface area contributed by atoms with Gasteiger partial charge in [-0.25, -0.2) is 4.98 Å². The number of carbonyl (C=O) groups is 1. The molecule has 1 aromatic rings. The molecule has 2 N–H and O–H groups in total. The second-order valence-corrected chi connectivity index (χ2v) is 5.85. The van der Waals surface area contributed by atoms with E-state index in [2.05, 4.69) is 20.9 Å². The van der Waals surface area contributed by atoms with Crippen molar-refractivity contribution in [2.24, 2.45) is 11.1 Å². The van der Waals surface area contributed by atoms with Crippen molar-refractivity contribution in [1.82, 2.24) is 4.98 Å². The fraction of sp³-hybridized carbons (Fsp3) is 0.455. The number of nitrogens with zero attached hydrogens (tertiary/aromatic N) is 2. The number of hydrogen-bond acceptors (Lipinski definition) is 3. The predicted molar refractivity (Wildman–Crippen MR) is 71.1 cm³/mol. The van der Waals surface area contributed by atoms with E-state index in [4.69, 9.17) is 17.3 Å². The standard InChI is InChI=1S/C11H13BrClN3O/c1-11(10(14)17)2-3-16(6-11)9-8(12)4-7(13)5-15-9/h4-5H,2-3,6H2,1H3,(H2,14,17). The average molecular weight is 319 g/mol. The monoisotopic (exact) mass is 317 g/mol. The van der Waals surface area contributed by atoms with Crippen molar-refractivity contribution in [3.05, 3.63) is 21.8 Å². The van der Waals surface area contributed by atoms with Crippen LogP contribution in [0.2, 0.25) is 5.02 Å². The first kappa shape index (κ1) is 12.6. The summed E-state index contributed by atoms with van der Waals surface area (Å²) in [5.74, 6) is 0.546. The molecule has 6 heteroatoms.